The van der Waals surface area contributed by atoms with Crippen LogP contribution in [0.1, 0.15) is 54.4 Å². The standard InChI is InChI=1S/C24H30N2O2/c1-16-10-19(14-26(3)24(16)28)18-11-17-8-9-22(27)13-23(17)20(12-18)15-25(2)21-6-4-5-7-21/h10-12,14,21H,4-9,13,15H2,1-3H3. The second-order valence-corrected chi connectivity index (χ2v) is 8.67. The summed E-state index contributed by atoms with van der Waals surface area (Å²) in [6.45, 7) is 2.76. The number of Topliss-reactive ketones (excluding diaryl/α,β-unsaturated/α-hetero) is 1. The molecule has 2 aromatic rings. The van der Waals surface area contributed by atoms with Gasteiger partial charge in [-0.15, -0.1) is 0 Å². The molecule has 0 saturated heterocycles. The minimum Gasteiger partial charge on any atom is -0.318 e. The molecule has 1 aromatic carbocycles. The fourth-order valence-corrected chi connectivity index (χ4v) is 4.89. The molecule has 4 rings (SSSR count). The first-order valence-corrected chi connectivity index (χ1v) is 10.5. The van der Waals surface area contributed by atoms with Crippen LogP contribution < -0.4 is 5.56 Å². The first-order valence-electron chi connectivity index (χ1n) is 10.5. The van der Waals surface area contributed by atoms with Crippen molar-refractivity contribution in [2.24, 2.45) is 7.05 Å². The van der Waals surface area contributed by atoms with E-state index in [4.69, 9.17) is 0 Å². The van der Waals surface area contributed by atoms with Crippen molar-refractivity contribution < 1.29 is 4.79 Å². The molecule has 4 heteroatoms. The number of hydrogen-bond acceptors (Lipinski definition) is 3. The van der Waals surface area contributed by atoms with Crippen LogP contribution in [0, 0.1) is 6.92 Å². The Bertz CT molecular complexity index is 941. The van der Waals surface area contributed by atoms with E-state index in [1.54, 1.807) is 4.57 Å². The highest BCUT2D eigenvalue weighted by molar-refractivity contribution is 5.84. The Morgan fingerprint density at radius 3 is 2.54 bits per heavy atom. The van der Waals surface area contributed by atoms with E-state index in [9.17, 15) is 9.59 Å². The molecule has 0 spiro atoms. The van der Waals surface area contributed by atoms with E-state index in [1.807, 2.05) is 26.2 Å². The maximum Gasteiger partial charge on any atom is 0.253 e. The summed E-state index contributed by atoms with van der Waals surface area (Å²) >= 11 is 0. The molecule has 1 aromatic heterocycles. The van der Waals surface area contributed by atoms with Crippen LogP contribution in [0.3, 0.4) is 0 Å². The van der Waals surface area contributed by atoms with E-state index in [0.29, 0.717) is 24.7 Å². The van der Waals surface area contributed by atoms with Crippen molar-refractivity contribution >= 4 is 5.78 Å². The van der Waals surface area contributed by atoms with Gasteiger partial charge in [-0.2, -0.15) is 0 Å². The first kappa shape index (κ1) is 19.1. The van der Waals surface area contributed by atoms with Gasteiger partial charge in [-0.05, 0) is 73.2 Å². The third-order valence-electron chi connectivity index (χ3n) is 6.55. The van der Waals surface area contributed by atoms with Gasteiger partial charge in [-0.3, -0.25) is 14.5 Å². The van der Waals surface area contributed by atoms with Gasteiger partial charge in [0.25, 0.3) is 5.56 Å². The van der Waals surface area contributed by atoms with Crippen LogP contribution in [0.4, 0.5) is 0 Å². The van der Waals surface area contributed by atoms with E-state index < -0.39 is 0 Å². The molecule has 0 N–H and O–H groups in total. The molecule has 0 bridgehead atoms. The molecular formula is C24H30N2O2. The lowest BCUT2D eigenvalue weighted by molar-refractivity contribution is -0.118. The van der Waals surface area contributed by atoms with Crippen molar-refractivity contribution in [3.8, 4) is 11.1 Å². The molecule has 0 aliphatic heterocycles. The number of ketones is 1. The van der Waals surface area contributed by atoms with Crippen LogP contribution in [0.5, 0.6) is 0 Å². The Morgan fingerprint density at radius 1 is 1.07 bits per heavy atom. The number of rotatable bonds is 4. The molecular weight excluding hydrogens is 348 g/mol. The molecule has 0 atom stereocenters. The Kier molecular flexibility index (Phi) is 5.24. The fourth-order valence-electron chi connectivity index (χ4n) is 4.89. The molecule has 2 aliphatic carbocycles. The summed E-state index contributed by atoms with van der Waals surface area (Å²) in [6.07, 6.45) is 9.15. The van der Waals surface area contributed by atoms with Crippen molar-refractivity contribution in [1.82, 2.24) is 9.47 Å². The molecule has 0 radical (unpaired) electrons. The summed E-state index contributed by atoms with van der Waals surface area (Å²) in [5.74, 6) is 0.350. The topological polar surface area (TPSA) is 42.3 Å². The highest BCUT2D eigenvalue weighted by atomic mass is 16.1. The second-order valence-electron chi connectivity index (χ2n) is 8.67. The van der Waals surface area contributed by atoms with Gasteiger partial charge in [0.2, 0.25) is 0 Å². The lowest BCUT2D eigenvalue weighted by Gasteiger charge is -2.28. The van der Waals surface area contributed by atoms with Gasteiger partial charge in [0.1, 0.15) is 5.78 Å². The van der Waals surface area contributed by atoms with Crippen molar-refractivity contribution in [2.75, 3.05) is 7.05 Å². The number of pyridine rings is 1. The lowest BCUT2D eigenvalue weighted by atomic mass is 9.84. The second kappa shape index (κ2) is 7.67. The maximum atomic E-state index is 12.2. The summed E-state index contributed by atoms with van der Waals surface area (Å²) in [7, 11) is 4.03. The predicted octanol–water partition coefficient (Wildman–Crippen LogP) is 3.79. The Balaban J connectivity index is 1.76. The van der Waals surface area contributed by atoms with Gasteiger partial charge in [-0.1, -0.05) is 18.9 Å². The number of hydrogen-bond donors (Lipinski definition) is 0. The number of aryl methyl sites for hydroxylation is 3. The lowest BCUT2D eigenvalue weighted by Crippen LogP contribution is -2.29. The Morgan fingerprint density at radius 2 is 1.82 bits per heavy atom. The summed E-state index contributed by atoms with van der Waals surface area (Å²) in [5, 5.41) is 0. The number of fused-ring (bicyclic) bond motifs is 1. The molecule has 2 aliphatic rings. The van der Waals surface area contributed by atoms with Crippen LogP contribution in [-0.2, 0) is 31.2 Å². The maximum absolute atomic E-state index is 12.2. The van der Waals surface area contributed by atoms with E-state index in [2.05, 4.69) is 24.1 Å². The van der Waals surface area contributed by atoms with Gasteiger partial charge >= 0.3 is 0 Å². The molecule has 148 valence electrons. The monoisotopic (exact) mass is 378 g/mol. The normalized spacial score (nSPS) is 17.4. The third kappa shape index (κ3) is 3.70. The van der Waals surface area contributed by atoms with Gasteiger partial charge in [0.05, 0.1) is 0 Å². The highest BCUT2D eigenvalue weighted by Gasteiger charge is 2.24. The smallest absolute Gasteiger partial charge is 0.253 e. The minimum absolute atomic E-state index is 0.0495. The van der Waals surface area contributed by atoms with Crippen LogP contribution in [-0.4, -0.2) is 28.3 Å². The van der Waals surface area contributed by atoms with Gasteiger partial charge in [0, 0.05) is 44.2 Å². The van der Waals surface area contributed by atoms with Crippen LogP contribution in [0.2, 0.25) is 0 Å². The zero-order valence-electron chi connectivity index (χ0n) is 17.3. The summed E-state index contributed by atoms with van der Waals surface area (Å²) in [4.78, 5) is 26.7. The van der Waals surface area contributed by atoms with E-state index in [1.165, 1.54) is 42.4 Å². The summed E-state index contributed by atoms with van der Waals surface area (Å²) in [5.41, 5.74) is 6.86. The largest absolute Gasteiger partial charge is 0.318 e. The molecule has 28 heavy (non-hydrogen) atoms. The molecule has 1 heterocycles. The van der Waals surface area contributed by atoms with Crippen molar-refractivity contribution in [3.05, 3.63) is 57.0 Å². The van der Waals surface area contributed by atoms with Crippen LogP contribution >= 0.6 is 0 Å². The number of carbonyl (C=O) groups excluding carboxylic acids is 1. The summed E-state index contributed by atoms with van der Waals surface area (Å²) < 4.78 is 1.66. The number of benzene rings is 1. The molecule has 1 fully saturated rings. The van der Waals surface area contributed by atoms with Crippen molar-refractivity contribution in [1.29, 1.82) is 0 Å². The van der Waals surface area contributed by atoms with E-state index >= 15 is 0 Å². The van der Waals surface area contributed by atoms with Crippen molar-refractivity contribution in [3.63, 3.8) is 0 Å². The Labute approximate surface area is 167 Å². The zero-order valence-corrected chi connectivity index (χ0v) is 17.3. The van der Waals surface area contributed by atoms with E-state index in [-0.39, 0.29) is 5.56 Å². The SMILES string of the molecule is Cc1cc(-c2cc3c(c(CN(C)C4CCCC4)c2)CC(=O)CC3)cn(C)c1=O. The van der Waals surface area contributed by atoms with Gasteiger partial charge < -0.3 is 4.57 Å². The highest BCUT2D eigenvalue weighted by Crippen LogP contribution is 2.32. The quantitative estimate of drug-likeness (QED) is 0.813. The molecule has 4 nitrogen and oxygen atoms in total. The number of carbonyl (C=O) groups is 1. The molecule has 0 unspecified atom stereocenters. The predicted molar refractivity (Wildman–Crippen MR) is 113 cm³/mol. The number of nitrogens with zero attached hydrogens (tertiary/aromatic N) is 2. The van der Waals surface area contributed by atoms with Crippen LogP contribution in [0.15, 0.2) is 29.2 Å². The van der Waals surface area contributed by atoms with Crippen LogP contribution in [0.25, 0.3) is 11.1 Å². The van der Waals surface area contributed by atoms with E-state index in [0.717, 1.165) is 29.7 Å². The Hall–Kier alpha value is -2.20. The average Bonchev–Trinajstić information content (AvgIpc) is 3.21. The summed E-state index contributed by atoms with van der Waals surface area (Å²) in [6, 6.07) is 7.13. The zero-order chi connectivity index (χ0) is 19.8. The van der Waals surface area contributed by atoms with Gasteiger partial charge in [-0.25, -0.2) is 0 Å². The van der Waals surface area contributed by atoms with Crippen molar-refractivity contribution in [2.45, 2.75) is 64.5 Å². The van der Waals surface area contributed by atoms with Gasteiger partial charge in [0.15, 0.2) is 0 Å². The minimum atomic E-state index is 0.0495. The average molecular weight is 379 g/mol. The first-order chi connectivity index (χ1) is 13.4. The fraction of sp³-hybridized carbons (Fsp3) is 0.500. The molecule has 1 saturated carbocycles. The molecule has 0 amide bonds. The third-order valence-corrected chi connectivity index (χ3v) is 6.55. The number of aromatic nitrogens is 1.